The minimum atomic E-state index is 0.401. The van der Waals surface area contributed by atoms with Crippen LogP contribution < -0.4 is 0 Å². The Balaban J connectivity index is 2.14. The number of hydrogen-bond donors (Lipinski definition) is 0. The summed E-state index contributed by atoms with van der Waals surface area (Å²) in [6.45, 7) is 4.15. The molecule has 0 aliphatic rings. The lowest BCUT2D eigenvalue weighted by Gasteiger charge is -2.06. The normalized spacial score (nSPS) is 13.0. The van der Waals surface area contributed by atoms with Crippen LogP contribution in [0.1, 0.15) is 26.0 Å². The molecule has 0 radical (unpaired) electrons. The molecule has 4 heteroatoms. The van der Waals surface area contributed by atoms with Crippen molar-refractivity contribution < 1.29 is 0 Å². The largest absolute Gasteiger partial charge is 0.247 e. The predicted molar refractivity (Wildman–Crippen MR) is 71.3 cm³/mol. The summed E-state index contributed by atoms with van der Waals surface area (Å²) in [5, 5.41) is 5.48. The Labute approximate surface area is 106 Å². The summed E-state index contributed by atoms with van der Waals surface area (Å²) >= 11 is 7.29. The molecule has 0 saturated carbocycles. The van der Waals surface area contributed by atoms with Gasteiger partial charge in [-0.25, -0.2) is 4.98 Å². The maximum absolute atomic E-state index is 4.45. The van der Waals surface area contributed by atoms with Crippen molar-refractivity contribution in [3.8, 4) is 0 Å². The van der Waals surface area contributed by atoms with E-state index in [0.717, 1.165) is 17.1 Å². The van der Waals surface area contributed by atoms with E-state index in [2.05, 4.69) is 51.6 Å². The smallest absolute Gasteiger partial charge is 0.0900 e. The SMILES string of the molecule is Cc1nc(C)c(C(Br)Cc2ccsc2)s1. The van der Waals surface area contributed by atoms with Gasteiger partial charge in [0.15, 0.2) is 0 Å². The van der Waals surface area contributed by atoms with Gasteiger partial charge in [-0.15, -0.1) is 11.3 Å². The lowest BCUT2D eigenvalue weighted by Crippen LogP contribution is -1.93. The molecule has 0 saturated heterocycles. The number of thiazole rings is 1. The van der Waals surface area contributed by atoms with Gasteiger partial charge in [0.1, 0.15) is 0 Å². The predicted octanol–water partition coefficient (Wildman–Crippen LogP) is 4.50. The third-order valence-electron chi connectivity index (χ3n) is 2.22. The molecular formula is C11H12BrNS2. The molecule has 1 unspecified atom stereocenters. The monoisotopic (exact) mass is 301 g/mol. The standard InChI is InChI=1S/C11H12BrNS2/c1-7-11(15-8(2)13-7)10(12)5-9-3-4-14-6-9/h3-4,6,10H,5H2,1-2H3. The molecule has 1 nitrogen and oxygen atoms in total. The fourth-order valence-corrected chi connectivity index (χ4v) is 4.12. The van der Waals surface area contributed by atoms with E-state index in [9.17, 15) is 0 Å². The summed E-state index contributed by atoms with van der Waals surface area (Å²) < 4.78 is 0. The Morgan fingerprint density at radius 3 is 2.80 bits per heavy atom. The molecule has 80 valence electrons. The Morgan fingerprint density at radius 2 is 2.27 bits per heavy atom. The number of alkyl halides is 1. The number of thiophene rings is 1. The second-order valence-electron chi connectivity index (χ2n) is 3.49. The van der Waals surface area contributed by atoms with E-state index in [4.69, 9.17) is 0 Å². The average molecular weight is 302 g/mol. The summed E-state index contributed by atoms with van der Waals surface area (Å²) in [7, 11) is 0. The van der Waals surface area contributed by atoms with Crippen LogP contribution in [0.4, 0.5) is 0 Å². The number of halogens is 1. The van der Waals surface area contributed by atoms with Gasteiger partial charge in [0, 0.05) is 4.88 Å². The summed E-state index contributed by atoms with van der Waals surface area (Å²) in [4.78, 5) is 6.21. The van der Waals surface area contributed by atoms with Crippen LogP contribution in [0.3, 0.4) is 0 Å². The molecule has 0 aliphatic heterocycles. The Morgan fingerprint density at radius 1 is 1.47 bits per heavy atom. The highest BCUT2D eigenvalue weighted by molar-refractivity contribution is 9.09. The van der Waals surface area contributed by atoms with Crippen LogP contribution in [-0.2, 0) is 6.42 Å². The Hall–Kier alpha value is -0.190. The Kier molecular flexibility index (Phi) is 3.59. The van der Waals surface area contributed by atoms with Crippen molar-refractivity contribution >= 4 is 38.6 Å². The topological polar surface area (TPSA) is 12.9 Å². The molecule has 0 N–H and O–H groups in total. The van der Waals surface area contributed by atoms with Gasteiger partial charge in [0.25, 0.3) is 0 Å². The first kappa shape index (κ1) is 11.3. The Bertz CT molecular complexity index is 433. The van der Waals surface area contributed by atoms with E-state index >= 15 is 0 Å². The van der Waals surface area contributed by atoms with Crippen molar-refractivity contribution in [2.45, 2.75) is 25.1 Å². The fraction of sp³-hybridized carbons (Fsp3) is 0.364. The highest BCUT2D eigenvalue weighted by Gasteiger charge is 2.15. The van der Waals surface area contributed by atoms with Gasteiger partial charge in [0.2, 0.25) is 0 Å². The molecule has 0 aliphatic carbocycles. The third kappa shape index (κ3) is 2.68. The van der Waals surface area contributed by atoms with Crippen LogP contribution in [0.5, 0.6) is 0 Å². The van der Waals surface area contributed by atoms with Gasteiger partial charge in [-0.3, -0.25) is 0 Å². The first-order chi connectivity index (χ1) is 7.16. The van der Waals surface area contributed by atoms with Crippen LogP contribution in [0, 0.1) is 13.8 Å². The summed E-state index contributed by atoms with van der Waals surface area (Å²) in [6, 6.07) is 2.18. The van der Waals surface area contributed by atoms with E-state index in [0.29, 0.717) is 4.83 Å². The number of aryl methyl sites for hydroxylation is 2. The minimum Gasteiger partial charge on any atom is -0.247 e. The highest BCUT2D eigenvalue weighted by atomic mass is 79.9. The third-order valence-corrected chi connectivity index (χ3v) is 5.22. The van der Waals surface area contributed by atoms with E-state index < -0.39 is 0 Å². The van der Waals surface area contributed by atoms with Gasteiger partial charge in [-0.05, 0) is 42.7 Å². The van der Waals surface area contributed by atoms with E-state index in [1.165, 1.54) is 10.4 Å². The zero-order valence-electron chi connectivity index (χ0n) is 8.66. The van der Waals surface area contributed by atoms with Gasteiger partial charge in [-0.1, -0.05) is 15.9 Å². The molecule has 0 amide bonds. The van der Waals surface area contributed by atoms with Gasteiger partial charge in [0.05, 0.1) is 15.5 Å². The van der Waals surface area contributed by atoms with Gasteiger partial charge in [-0.2, -0.15) is 11.3 Å². The number of nitrogens with zero attached hydrogens (tertiary/aromatic N) is 1. The summed E-state index contributed by atoms with van der Waals surface area (Å²) in [5.41, 5.74) is 2.56. The maximum atomic E-state index is 4.45. The first-order valence-electron chi connectivity index (χ1n) is 4.76. The van der Waals surface area contributed by atoms with E-state index in [-0.39, 0.29) is 0 Å². The lowest BCUT2D eigenvalue weighted by atomic mass is 10.1. The van der Waals surface area contributed by atoms with Crippen LogP contribution in [0.15, 0.2) is 16.8 Å². The molecule has 2 rings (SSSR count). The van der Waals surface area contributed by atoms with Crippen LogP contribution >= 0.6 is 38.6 Å². The second-order valence-corrected chi connectivity index (χ2v) is 6.61. The van der Waals surface area contributed by atoms with E-state index in [1.807, 2.05) is 0 Å². The molecule has 2 heterocycles. The number of aromatic nitrogens is 1. The molecule has 2 aromatic rings. The summed E-state index contributed by atoms with van der Waals surface area (Å²) in [5.74, 6) is 0. The number of hydrogen-bond acceptors (Lipinski definition) is 3. The molecule has 0 aromatic carbocycles. The van der Waals surface area contributed by atoms with Crippen molar-refractivity contribution in [3.63, 3.8) is 0 Å². The van der Waals surface area contributed by atoms with Crippen molar-refractivity contribution in [3.05, 3.63) is 38.0 Å². The van der Waals surface area contributed by atoms with Crippen LogP contribution in [0.2, 0.25) is 0 Å². The molecule has 0 bridgehead atoms. The zero-order chi connectivity index (χ0) is 10.8. The minimum absolute atomic E-state index is 0.401. The van der Waals surface area contributed by atoms with Gasteiger partial charge < -0.3 is 0 Å². The van der Waals surface area contributed by atoms with Crippen molar-refractivity contribution in [2.24, 2.45) is 0 Å². The van der Waals surface area contributed by atoms with Crippen LogP contribution in [-0.4, -0.2) is 4.98 Å². The summed E-state index contributed by atoms with van der Waals surface area (Å²) in [6.07, 6.45) is 1.05. The average Bonchev–Trinajstić information content (AvgIpc) is 2.75. The van der Waals surface area contributed by atoms with Crippen molar-refractivity contribution in [1.82, 2.24) is 4.98 Å². The van der Waals surface area contributed by atoms with E-state index in [1.54, 1.807) is 22.7 Å². The van der Waals surface area contributed by atoms with Crippen LogP contribution in [0.25, 0.3) is 0 Å². The van der Waals surface area contributed by atoms with Crippen molar-refractivity contribution in [1.29, 1.82) is 0 Å². The molecule has 0 spiro atoms. The molecular weight excluding hydrogens is 290 g/mol. The molecule has 15 heavy (non-hydrogen) atoms. The molecule has 0 fully saturated rings. The van der Waals surface area contributed by atoms with Crippen molar-refractivity contribution in [2.75, 3.05) is 0 Å². The fourth-order valence-electron chi connectivity index (χ4n) is 1.55. The highest BCUT2D eigenvalue weighted by Crippen LogP contribution is 2.33. The first-order valence-corrected chi connectivity index (χ1v) is 7.43. The quantitative estimate of drug-likeness (QED) is 0.761. The molecule has 2 aromatic heterocycles. The number of rotatable bonds is 3. The second kappa shape index (κ2) is 4.76. The maximum Gasteiger partial charge on any atom is 0.0900 e. The zero-order valence-corrected chi connectivity index (χ0v) is 11.9. The van der Waals surface area contributed by atoms with Gasteiger partial charge >= 0.3 is 0 Å². The molecule has 1 atom stereocenters. The lowest BCUT2D eigenvalue weighted by molar-refractivity contribution is 0.955.